The van der Waals surface area contributed by atoms with E-state index in [0.29, 0.717) is 17.4 Å². The molecular formula is C20H22N4O3. The van der Waals surface area contributed by atoms with Crippen molar-refractivity contribution >= 4 is 11.7 Å². The quantitative estimate of drug-likeness (QED) is 0.678. The molecule has 0 saturated carbocycles. The highest BCUT2D eigenvalue weighted by atomic mass is 16.5. The number of benzene rings is 2. The molecule has 140 valence electrons. The Hall–Kier alpha value is -3.35. The third kappa shape index (κ3) is 4.63. The van der Waals surface area contributed by atoms with E-state index in [9.17, 15) is 4.79 Å². The Bertz CT molecular complexity index is 906. The van der Waals surface area contributed by atoms with Crippen LogP contribution >= 0.6 is 0 Å². The van der Waals surface area contributed by atoms with Crippen LogP contribution in [0.5, 0.6) is 5.75 Å². The van der Waals surface area contributed by atoms with Crippen molar-refractivity contribution in [3.05, 3.63) is 48.5 Å². The highest BCUT2D eigenvalue weighted by molar-refractivity contribution is 5.89. The summed E-state index contributed by atoms with van der Waals surface area (Å²) in [6.07, 6.45) is 0.875. The Kier molecular flexibility index (Phi) is 5.71. The van der Waals surface area contributed by atoms with Gasteiger partial charge < -0.3 is 19.9 Å². The Morgan fingerprint density at radius 1 is 1.19 bits per heavy atom. The zero-order valence-corrected chi connectivity index (χ0v) is 15.5. The summed E-state index contributed by atoms with van der Waals surface area (Å²) in [6.45, 7) is 3.98. The van der Waals surface area contributed by atoms with Gasteiger partial charge in [0.1, 0.15) is 5.75 Å². The first kappa shape index (κ1) is 18.4. The van der Waals surface area contributed by atoms with E-state index in [0.717, 1.165) is 23.3 Å². The van der Waals surface area contributed by atoms with E-state index >= 15 is 0 Å². The second kappa shape index (κ2) is 8.35. The van der Waals surface area contributed by atoms with Crippen molar-refractivity contribution in [1.82, 2.24) is 15.5 Å². The molecule has 1 heterocycles. The molecule has 0 saturated heterocycles. The number of urea groups is 1. The Labute approximate surface area is 157 Å². The molecule has 1 atom stereocenters. The first-order chi connectivity index (χ1) is 13.1. The molecule has 27 heavy (non-hydrogen) atoms. The third-order valence-corrected chi connectivity index (χ3v) is 4.13. The molecular weight excluding hydrogens is 344 g/mol. The van der Waals surface area contributed by atoms with Gasteiger partial charge in [0.25, 0.3) is 5.89 Å². The maximum Gasteiger partial charge on any atom is 0.319 e. The van der Waals surface area contributed by atoms with Crippen molar-refractivity contribution in [3.8, 4) is 28.6 Å². The minimum atomic E-state index is -0.225. The Morgan fingerprint density at radius 2 is 1.96 bits per heavy atom. The van der Waals surface area contributed by atoms with Crippen LogP contribution in [0.1, 0.15) is 20.3 Å². The minimum Gasteiger partial charge on any atom is -0.497 e. The average molecular weight is 366 g/mol. The maximum absolute atomic E-state index is 11.9. The Morgan fingerprint density at radius 3 is 2.67 bits per heavy atom. The molecule has 2 amide bonds. The van der Waals surface area contributed by atoms with Gasteiger partial charge in [0.15, 0.2) is 0 Å². The van der Waals surface area contributed by atoms with E-state index in [4.69, 9.17) is 9.26 Å². The molecule has 0 aliphatic heterocycles. The normalized spacial score (nSPS) is 11.7. The fourth-order valence-corrected chi connectivity index (χ4v) is 2.41. The van der Waals surface area contributed by atoms with Crippen LogP contribution in [0, 0.1) is 0 Å². The molecule has 7 nitrogen and oxygen atoms in total. The molecule has 2 N–H and O–H groups in total. The molecule has 0 spiro atoms. The summed E-state index contributed by atoms with van der Waals surface area (Å²) in [5, 5.41) is 9.69. The SMILES string of the molecule is CCC(C)NC(=O)Nc1ccc(-c2noc(-c3cccc(OC)c3)n2)cc1. The lowest BCUT2D eigenvalue weighted by Gasteiger charge is -2.12. The number of hydrogen-bond acceptors (Lipinski definition) is 5. The van der Waals surface area contributed by atoms with Crippen molar-refractivity contribution in [1.29, 1.82) is 0 Å². The smallest absolute Gasteiger partial charge is 0.319 e. The van der Waals surface area contributed by atoms with Crippen LogP contribution < -0.4 is 15.4 Å². The molecule has 7 heteroatoms. The van der Waals surface area contributed by atoms with Gasteiger partial charge in [-0.1, -0.05) is 18.1 Å². The van der Waals surface area contributed by atoms with Gasteiger partial charge in [-0.05, 0) is 55.8 Å². The lowest BCUT2D eigenvalue weighted by atomic mass is 10.2. The predicted molar refractivity (Wildman–Crippen MR) is 104 cm³/mol. The number of rotatable bonds is 6. The van der Waals surface area contributed by atoms with Crippen molar-refractivity contribution in [2.24, 2.45) is 0 Å². The van der Waals surface area contributed by atoms with Crippen LogP contribution in [-0.2, 0) is 0 Å². The number of nitrogens with zero attached hydrogens (tertiary/aromatic N) is 2. The third-order valence-electron chi connectivity index (χ3n) is 4.13. The van der Waals surface area contributed by atoms with Gasteiger partial charge in [-0.3, -0.25) is 0 Å². The molecule has 1 unspecified atom stereocenters. The zero-order chi connectivity index (χ0) is 19.2. The summed E-state index contributed by atoms with van der Waals surface area (Å²) >= 11 is 0. The number of methoxy groups -OCH3 is 1. The number of nitrogens with one attached hydrogen (secondary N) is 2. The summed E-state index contributed by atoms with van der Waals surface area (Å²) in [5.41, 5.74) is 2.27. The number of carbonyl (C=O) groups excluding carboxylic acids is 1. The summed E-state index contributed by atoms with van der Waals surface area (Å²) < 4.78 is 10.6. The molecule has 2 aromatic carbocycles. The highest BCUT2D eigenvalue weighted by Gasteiger charge is 2.12. The van der Waals surface area contributed by atoms with Gasteiger partial charge in [0.2, 0.25) is 5.82 Å². The largest absolute Gasteiger partial charge is 0.497 e. The Balaban J connectivity index is 1.70. The second-order valence-electron chi connectivity index (χ2n) is 6.14. The van der Waals surface area contributed by atoms with Crippen molar-refractivity contribution < 1.29 is 14.1 Å². The number of aromatic nitrogens is 2. The minimum absolute atomic E-state index is 0.124. The monoisotopic (exact) mass is 366 g/mol. The molecule has 0 aliphatic rings. The standard InChI is InChI=1S/C20H22N4O3/c1-4-13(2)21-20(25)22-16-10-8-14(9-11-16)18-23-19(27-24-18)15-6-5-7-17(12-15)26-3/h5-13H,4H2,1-3H3,(H2,21,22,25). The molecule has 0 fully saturated rings. The molecule has 3 rings (SSSR count). The van der Waals surface area contributed by atoms with E-state index in [1.807, 2.05) is 50.2 Å². The van der Waals surface area contributed by atoms with Crippen LogP contribution in [0.4, 0.5) is 10.5 Å². The van der Waals surface area contributed by atoms with Gasteiger partial charge in [0.05, 0.1) is 7.11 Å². The average Bonchev–Trinajstić information content (AvgIpc) is 3.18. The fraction of sp³-hybridized carbons (Fsp3) is 0.250. The fourth-order valence-electron chi connectivity index (χ4n) is 2.41. The van der Waals surface area contributed by atoms with E-state index < -0.39 is 0 Å². The topological polar surface area (TPSA) is 89.3 Å². The second-order valence-corrected chi connectivity index (χ2v) is 6.14. The van der Waals surface area contributed by atoms with E-state index in [2.05, 4.69) is 20.8 Å². The maximum atomic E-state index is 11.9. The summed E-state index contributed by atoms with van der Waals surface area (Å²) in [7, 11) is 1.61. The van der Waals surface area contributed by atoms with Gasteiger partial charge in [-0.2, -0.15) is 4.98 Å². The highest BCUT2D eigenvalue weighted by Crippen LogP contribution is 2.25. The number of carbonyl (C=O) groups is 1. The zero-order valence-electron chi connectivity index (χ0n) is 15.5. The lowest BCUT2D eigenvalue weighted by Crippen LogP contribution is -2.35. The van der Waals surface area contributed by atoms with Gasteiger partial charge in [0, 0.05) is 22.9 Å². The van der Waals surface area contributed by atoms with Crippen LogP contribution in [0.15, 0.2) is 53.1 Å². The summed E-state index contributed by atoms with van der Waals surface area (Å²) in [5.74, 6) is 1.61. The summed E-state index contributed by atoms with van der Waals surface area (Å²) in [6, 6.07) is 14.6. The number of ether oxygens (including phenoxy) is 1. The molecule has 0 radical (unpaired) electrons. The van der Waals surface area contributed by atoms with Crippen molar-refractivity contribution in [3.63, 3.8) is 0 Å². The van der Waals surface area contributed by atoms with E-state index in [1.165, 1.54) is 0 Å². The first-order valence-corrected chi connectivity index (χ1v) is 8.75. The van der Waals surface area contributed by atoms with Crippen LogP contribution in [-0.4, -0.2) is 29.3 Å². The molecule has 1 aromatic heterocycles. The molecule has 0 aliphatic carbocycles. The number of anilines is 1. The van der Waals surface area contributed by atoms with Crippen LogP contribution in [0.25, 0.3) is 22.8 Å². The van der Waals surface area contributed by atoms with Gasteiger partial charge in [-0.25, -0.2) is 4.79 Å². The van der Waals surface area contributed by atoms with E-state index in [1.54, 1.807) is 19.2 Å². The molecule has 0 bridgehead atoms. The van der Waals surface area contributed by atoms with E-state index in [-0.39, 0.29) is 12.1 Å². The van der Waals surface area contributed by atoms with Crippen LogP contribution in [0.2, 0.25) is 0 Å². The summed E-state index contributed by atoms with van der Waals surface area (Å²) in [4.78, 5) is 16.3. The van der Waals surface area contributed by atoms with Crippen molar-refractivity contribution in [2.75, 3.05) is 12.4 Å². The lowest BCUT2D eigenvalue weighted by molar-refractivity contribution is 0.249. The molecule has 3 aromatic rings. The number of amides is 2. The number of hydrogen-bond donors (Lipinski definition) is 2. The first-order valence-electron chi connectivity index (χ1n) is 8.75. The van der Waals surface area contributed by atoms with Crippen molar-refractivity contribution in [2.45, 2.75) is 26.3 Å². The van der Waals surface area contributed by atoms with Gasteiger partial charge in [-0.15, -0.1) is 0 Å². The predicted octanol–water partition coefficient (Wildman–Crippen LogP) is 4.33. The van der Waals surface area contributed by atoms with Gasteiger partial charge >= 0.3 is 6.03 Å². The van der Waals surface area contributed by atoms with Crippen LogP contribution in [0.3, 0.4) is 0 Å².